The second-order valence-electron chi connectivity index (χ2n) is 4.92. The zero-order chi connectivity index (χ0) is 15.1. The molecule has 0 aliphatic heterocycles. The van der Waals surface area contributed by atoms with Gasteiger partial charge in [-0.1, -0.05) is 43.1 Å². The third kappa shape index (κ3) is 3.79. The van der Waals surface area contributed by atoms with Gasteiger partial charge in [-0.15, -0.1) is 0 Å². The molecule has 1 aromatic rings. The van der Waals surface area contributed by atoms with Crippen LogP contribution in [-0.2, 0) is 0 Å². The molecule has 1 unspecified atom stereocenters. The van der Waals surface area contributed by atoms with Crippen LogP contribution in [0.5, 0.6) is 0 Å². The van der Waals surface area contributed by atoms with Crippen LogP contribution in [0.25, 0.3) is 0 Å². The largest absolute Gasteiger partial charge is 0.409 e. The number of hydrogen-bond acceptors (Lipinski definition) is 3. The third-order valence-corrected chi connectivity index (χ3v) is 3.86. The van der Waals surface area contributed by atoms with E-state index >= 15 is 0 Å². The smallest absolute Gasteiger partial charge is 0.173 e. The first-order valence-corrected chi connectivity index (χ1v) is 7.47. The molecule has 1 rings (SSSR count). The number of halogens is 1. The van der Waals surface area contributed by atoms with Crippen molar-refractivity contribution < 1.29 is 5.21 Å². The normalized spacial score (nSPS) is 13.3. The number of benzene rings is 1. The average Bonchev–Trinajstić information content (AvgIpc) is 2.46. The van der Waals surface area contributed by atoms with E-state index in [0.29, 0.717) is 16.6 Å². The molecule has 20 heavy (non-hydrogen) atoms. The van der Waals surface area contributed by atoms with Gasteiger partial charge in [0, 0.05) is 18.3 Å². The average molecular weight is 298 g/mol. The fourth-order valence-corrected chi connectivity index (χ4v) is 2.45. The van der Waals surface area contributed by atoms with Crippen LogP contribution in [0.3, 0.4) is 0 Å². The summed E-state index contributed by atoms with van der Waals surface area (Å²) in [6.45, 7) is 7.42. The molecule has 0 saturated heterocycles. The maximum Gasteiger partial charge on any atom is 0.173 e. The maximum atomic E-state index is 8.98. The highest BCUT2D eigenvalue weighted by atomic mass is 35.5. The molecule has 0 aromatic heterocycles. The Kier molecular flexibility index (Phi) is 6.65. The Balaban J connectivity index is 3.28. The Morgan fingerprint density at radius 3 is 2.70 bits per heavy atom. The molecule has 0 aliphatic rings. The summed E-state index contributed by atoms with van der Waals surface area (Å²) in [5, 5.41) is 12.6. The summed E-state index contributed by atoms with van der Waals surface area (Å²) in [5.41, 5.74) is 7.32. The van der Waals surface area contributed by atoms with Gasteiger partial charge in [0.05, 0.1) is 10.6 Å². The van der Waals surface area contributed by atoms with Crippen LogP contribution in [0.1, 0.15) is 45.6 Å². The predicted molar refractivity (Wildman–Crippen MR) is 86.0 cm³/mol. The standard InChI is InChI=1S/C15H24ClN3O/c1-4-6-10-19(11(3)5-2)13-9-7-8-12(16)14(13)15(17)18-20/h7-9,11,20H,4-6,10H2,1-3H3,(H2,17,18). The van der Waals surface area contributed by atoms with E-state index in [1.54, 1.807) is 6.07 Å². The van der Waals surface area contributed by atoms with Gasteiger partial charge >= 0.3 is 0 Å². The van der Waals surface area contributed by atoms with Crippen LogP contribution >= 0.6 is 11.6 Å². The van der Waals surface area contributed by atoms with E-state index in [-0.39, 0.29) is 5.84 Å². The van der Waals surface area contributed by atoms with Gasteiger partial charge < -0.3 is 15.8 Å². The predicted octanol–water partition coefficient (Wildman–Crippen LogP) is 3.84. The van der Waals surface area contributed by atoms with E-state index in [9.17, 15) is 0 Å². The Morgan fingerprint density at radius 2 is 2.15 bits per heavy atom. The van der Waals surface area contributed by atoms with Crippen molar-refractivity contribution in [1.29, 1.82) is 0 Å². The second-order valence-corrected chi connectivity index (χ2v) is 5.33. The molecular formula is C15H24ClN3O. The quantitative estimate of drug-likeness (QED) is 0.348. The van der Waals surface area contributed by atoms with Gasteiger partial charge in [-0.3, -0.25) is 0 Å². The van der Waals surface area contributed by atoms with Crippen LogP contribution < -0.4 is 10.6 Å². The number of rotatable bonds is 7. The van der Waals surface area contributed by atoms with Crippen LogP contribution in [0.2, 0.25) is 5.02 Å². The van der Waals surface area contributed by atoms with Crippen LogP contribution in [-0.4, -0.2) is 23.6 Å². The highest BCUT2D eigenvalue weighted by molar-refractivity contribution is 6.34. The summed E-state index contributed by atoms with van der Waals surface area (Å²) < 4.78 is 0. The number of nitrogens with zero attached hydrogens (tertiary/aromatic N) is 2. The van der Waals surface area contributed by atoms with Gasteiger partial charge in [0.1, 0.15) is 0 Å². The van der Waals surface area contributed by atoms with Crippen molar-refractivity contribution in [1.82, 2.24) is 0 Å². The Morgan fingerprint density at radius 1 is 1.45 bits per heavy atom. The van der Waals surface area contributed by atoms with E-state index < -0.39 is 0 Å². The van der Waals surface area contributed by atoms with Gasteiger partial charge in [-0.2, -0.15) is 0 Å². The van der Waals surface area contributed by atoms with Crippen molar-refractivity contribution in [3.63, 3.8) is 0 Å². The molecule has 0 fully saturated rings. The van der Waals surface area contributed by atoms with Crippen molar-refractivity contribution in [3.05, 3.63) is 28.8 Å². The topological polar surface area (TPSA) is 61.8 Å². The Hall–Kier alpha value is -1.42. The number of amidine groups is 1. The van der Waals surface area contributed by atoms with E-state index in [0.717, 1.165) is 31.5 Å². The van der Waals surface area contributed by atoms with Gasteiger partial charge in [0.15, 0.2) is 5.84 Å². The first-order valence-electron chi connectivity index (χ1n) is 7.09. The molecule has 1 aromatic carbocycles. The lowest BCUT2D eigenvalue weighted by atomic mass is 10.1. The molecule has 112 valence electrons. The van der Waals surface area contributed by atoms with Gasteiger partial charge in [0.25, 0.3) is 0 Å². The highest BCUT2D eigenvalue weighted by Crippen LogP contribution is 2.29. The number of unbranched alkanes of at least 4 members (excludes halogenated alkanes) is 1. The van der Waals surface area contributed by atoms with Gasteiger partial charge in [-0.05, 0) is 31.9 Å². The third-order valence-electron chi connectivity index (χ3n) is 3.54. The lowest BCUT2D eigenvalue weighted by molar-refractivity contribution is 0.318. The molecule has 3 N–H and O–H groups in total. The molecule has 1 atom stereocenters. The van der Waals surface area contributed by atoms with E-state index in [4.69, 9.17) is 22.5 Å². The van der Waals surface area contributed by atoms with Crippen LogP contribution in [0.15, 0.2) is 23.4 Å². The summed E-state index contributed by atoms with van der Waals surface area (Å²) in [7, 11) is 0. The lowest BCUT2D eigenvalue weighted by Crippen LogP contribution is -2.35. The second kappa shape index (κ2) is 8.00. The minimum Gasteiger partial charge on any atom is -0.409 e. The molecule has 0 amide bonds. The van der Waals surface area contributed by atoms with Gasteiger partial charge in [0.2, 0.25) is 0 Å². The summed E-state index contributed by atoms with van der Waals surface area (Å²) in [4.78, 5) is 2.28. The molecule has 0 saturated carbocycles. The first-order chi connectivity index (χ1) is 9.56. The minimum absolute atomic E-state index is 0.0513. The summed E-state index contributed by atoms with van der Waals surface area (Å²) in [5.74, 6) is 0.0513. The van der Waals surface area contributed by atoms with Gasteiger partial charge in [-0.25, -0.2) is 0 Å². The fraction of sp³-hybridized carbons (Fsp3) is 0.533. The Labute approximate surface area is 126 Å². The molecular weight excluding hydrogens is 274 g/mol. The van der Waals surface area contributed by atoms with Crippen molar-refractivity contribution in [3.8, 4) is 0 Å². The number of anilines is 1. The molecule has 0 aliphatic carbocycles. The highest BCUT2D eigenvalue weighted by Gasteiger charge is 2.20. The minimum atomic E-state index is 0.0513. The van der Waals surface area contributed by atoms with Crippen LogP contribution in [0.4, 0.5) is 5.69 Å². The number of oxime groups is 1. The molecule has 0 heterocycles. The molecule has 4 nitrogen and oxygen atoms in total. The van der Waals surface area contributed by atoms with E-state index in [1.165, 1.54) is 0 Å². The lowest BCUT2D eigenvalue weighted by Gasteiger charge is -2.32. The number of nitrogens with two attached hydrogens (primary N) is 1. The van der Waals surface area contributed by atoms with Crippen molar-refractivity contribution in [2.24, 2.45) is 10.9 Å². The van der Waals surface area contributed by atoms with Crippen molar-refractivity contribution >= 4 is 23.1 Å². The first kappa shape index (κ1) is 16.6. The number of hydrogen-bond donors (Lipinski definition) is 2. The fourth-order valence-electron chi connectivity index (χ4n) is 2.18. The maximum absolute atomic E-state index is 8.98. The van der Waals surface area contributed by atoms with E-state index in [2.05, 4.69) is 30.8 Å². The zero-order valence-corrected chi connectivity index (χ0v) is 13.2. The van der Waals surface area contributed by atoms with Crippen LogP contribution in [0, 0.1) is 0 Å². The summed E-state index contributed by atoms with van der Waals surface area (Å²) in [6.07, 6.45) is 3.23. The monoisotopic (exact) mass is 297 g/mol. The van der Waals surface area contributed by atoms with Crippen molar-refractivity contribution in [2.45, 2.75) is 46.1 Å². The van der Waals surface area contributed by atoms with E-state index in [1.807, 2.05) is 12.1 Å². The summed E-state index contributed by atoms with van der Waals surface area (Å²) in [6, 6.07) is 5.99. The summed E-state index contributed by atoms with van der Waals surface area (Å²) >= 11 is 6.23. The molecule has 5 heteroatoms. The molecule has 0 radical (unpaired) electrons. The molecule has 0 spiro atoms. The van der Waals surface area contributed by atoms with Crippen molar-refractivity contribution in [2.75, 3.05) is 11.4 Å². The molecule has 0 bridgehead atoms. The SMILES string of the molecule is CCCCN(c1cccc(Cl)c1C(N)=NO)C(C)CC. The zero-order valence-electron chi connectivity index (χ0n) is 12.4. The Bertz CT molecular complexity index is 462.